The van der Waals surface area contributed by atoms with Crippen LogP contribution in [-0.4, -0.2) is 46.0 Å². The van der Waals surface area contributed by atoms with Crippen molar-refractivity contribution in [1.82, 2.24) is 4.48 Å². The number of hydrogen-bond acceptors (Lipinski definition) is 5. The zero-order valence-electron chi connectivity index (χ0n) is 18.2. The number of rotatable bonds is 8. The highest BCUT2D eigenvalue weighted by Crippen LogP contribution is 2.36. The summed E-state index contributed by atoms with van der Waals surface area (Å²) in [5.74, 6) is 1.97. The summed E-state index contributed by atoms with van der Waals surface area (Å²) in [5, 5.41) is 0. The predicted molar refractivity (Wildman–Crippen MR) is 125 cm³/mol. The summed E-state index contributed by atoms with van der Waals surface area (Å²) in [7, 11) is 6.89. The van der Waals surface area contributed by atoms with Crippen LogP contribution in [0.25, 0.3) is 11.6 Å². The maximum absolute atomic E-state index is 5.89. The quantitative estimate of drug-likeness (QED) is 0.686. The van der Waals surface area contributed by atoms with E-state index in [2.05, 4.69) is 23.5 Å². The molecule has 0 radical (unpaired) electrons. The van der Waals surface area contributed by atoms with Crippen molar-refractivity contribution >= 4 is 25.3 Å². The van der Waals surface area contributed by atoms with Gasteiger partial charge in [0, 0.05) is 22.9 Å². The Hall–Kier alpha value is -3.19. The lowest BCUT2D eigenvalue weighted by atomic mass is 10.0. The molecule has 0 atom stereocenters. The molecule has 2 heterocycles. The van der Waals surface area contributed by atoms with Crippen molar-refractivity contribution in [2.45, 2.75) is 13.3 Å². The van der Waals surface area contributed by atoms with E-state index in [9.17, 15) is 0 Å². The standard InChI is InChI=1S/C23H28BN3O3/c1-15-12-17(26-23(15)18(9-10-25)19-6-5-11-27(19)24)8-7-16-13-21(29-3)22(30-4)14-20(16)28-2/h5-8,11-14H,9-10,24-25H2,1-4H3/b8-7+,23-18-. The SMILES string of the molecule is Bn1cccc1/C(CCN)=C1N=C(/C=C/c2cc(OC)c(OC)cc2OC)C=C\1C. The molecule has 0 unspecified atom stereocenters. The number of aromatic nitrogens is 1. The van der Waals surface area contributed by atoms with Crippen LogP contribution in [0.3, 0.4) is 0 Å². The van der Waals surface area contributed by atoms with Gasteiger partial charge in [-0.3, -0.25) is 0 Å². The van der Waals surface area contributed by atoms with Gasteiger partial charge in [0.25, 0.3) is 0 Å². The Kier molecular flexibility index (Phi) is 6.85. The number of methoxy groups -OCH3 is 3. The lowest BCUT2D eigenvalue weighted by Crippen LogP contribution is -2.05. The zero-order valence-corrected chi connectivity index (χ0v) is 18.2. The molecule has 1 aliphatic rings. The molecule has 0 bridgehead atoms. The Morgan fingerprint density at radius 2 is 1.80 bits per heavy atom. The molecule has 1 aliphatic heterocycles. The number of nitrogens with zero attached hydrogens (tertiary/aromatic N) is 2. The molecule has 156 valence electrons. The first-order valence-electron chi connectivity index (χ1n) is 9.82. The van der Waals surface area contributed by atoms with Gasteiger partial charge in [-0.1, -0.05) is 0 Å². The lowest BCUT2D eigenvalue weighted by molar-refractivity contribution is 0.348. The van der Waals surface area contributed by atoms with Crippen LogP contribution in [0.2, 0.25) is 0 Å². The zero-order chi connectivity index (χ0) is 21.7. The van der Waals surface area contributed by atoms with Crippen LogP contribution in [0, 0.1) is 0 Å². The molecule has 0 fully saturated rings. The van der Waals surface area contributed by atoms with Gasteiger partial charge in [-0.15, -0.1) is 0 Å². The number of ether oxygens (including phenoxy) is 3. The van der Waals surface area contributed by atoms with Gasteiger partial charge in [-0.05, 0) is 68.1 Å². The Morgan fingerprint density at radius 3 is 2.40 bits per heavy atom. The number of benzene rings is 1. The third-order valence-corrected chi connectivity index (χ3v) is 5.08. The molecular formula is C23H28BN3O3. The summed E-state index contributed by atoms with van der Waals surface area (Å²) in [4.78, 5) is 4.88. The molecule has 1 aromatic carbocycles. The summed E-state index contributed by atoms with van der Waals surface area (Å²) in [6, 6.07) is 7.84. The highest BCUT2D eigenvalue weighted by atomic mass is 16.5. The second kappa shape index (κ2) is 9.54. The van der Waals surface area contributed by atoms with Crippen molar-refractivity contribution in [3.63, 3.8) is 0 Å². The van der Waals surface area contributed by atoms with Gasteiger partial charge in [-0.25, -0.2) is 4.99 Å². The molecule has 2 aromatic rings. The average molecular weight is 405 g/mol. The van der Waals surface area contributed by atoms with E-state index in [1.165, 1.54) is 0 Å². The summed E-state index contributed by atoms with van der Waals surface area (Å²) in [5.41, 5.74) is 12.1. The summed E-state index contributed by atoms with van der Waals surface area (Å²) in [6.07, 6.45) is 8.83. The number of hydrogen-bond donors (Lipinski definition) is 1. The molecule has 6 nitrogen and oxygen atoms in total. The molecule has 0 amide bonds. The van der Waals surface area contributed by atoms with Crippen molar-refractivity contribution < 1.29 is 14.2 Å². The van der Waals surface area contributed by atoms with Crippen LogP contribution in [0.4, 0.5) is 0 Å². The Morgan fingerprint density at radius 1 is 1.10 bits per heavy atom. The van der Waals surface area contributed by atoms with Crippen molar-refractivity contribution in [1.29, 1.82) is 0 Å². The number of allylic oxidation sites excluding steroid dienone is 3. The highest BCUT2D eigenvalue weighted by Gasteiger charge is 2.17. The Labute approximate surface area is 178 Å². The van der Waals surface area contributed by atoms with Crippen molar-refractivity contribution in [3.8, 4) is 17.2 Å². The van der Waals surface area contributed by atoms with Gasteiger partial charge >= 0.3 is 0 Å². The fourth-order valence-corrected chi connectivity index (χ4v) is 3.58. The molecular weight excluding hydrogens is 377 g/mol. The normalized spacial score (nSPS) is 15.2. The summed E-state index contributed by atoms with van der Waals surface area (Å²) < 4.78 is 18.4. The highest BCUT2D eigenvalue weighted by molar-refractivity contribution is 6.11. The molecule has 0 saturated heterocycles. The third kappa shape index (κ3) is 4.36. The lowest BCUT2D eigenvalue weighted by Gasteiger charge is -2.12. The maximum Gasteiger partial charge on any atom is 0.223 e. The molecule has 3 rings (SSSR count). The second-order valence-corrected chi connectivity index (χ2v) is 7.02. The number of nitrogens with two attached hydrogens (primary N) is 1. The van der Waals surface area contributed by atoms with E-state index in [1.54, 1.807) is 21.3 Å². The fraction of sp³-hybridized carbons (Fsp3) is 0.261. The van der Waals surface area contributed by atoms with Gasteiger partial charge in [0.15, 0.2) is 11.5 Å². The fourth-order valence-electron chi connectivity index (χ4n) is 3.58. The van der Waals surface area contributed by atoms with E-state index in [-0.39, 0.29) is 0 Å². The molecule has 7 heteroatoms. The van der Waals surface area contributed by atoms with Crippen molar-refractivity contribution in [3.05, 3.63) is 65.1 Å². The summed E-state index contributed by atoms with van der Waals surface area (Å²) in [6.45, 7) is 2.65. The molecule has 30 heavy (non-hydrogen) atoms. The predicted octanol–water partition coefficient (Wildman–Crippen LogP) is 3.08. The first-order valence-corrected chi connectivity index (χ1v) is 9.82. The minimum absolute atomic E-state index is 0.570. The first kappa shape index (κ1) is 21.5. The van der Waals surface area contributed by atoms with E-state index in [0.717, 1.165) is 40.2 Å². The Balaban J connectivity index is 1.98. The monoisotopic (exact) mass is 405 g/mol. The average Bonchev–Trinajstić information content (AvgIpc) is 3.34. The third-order valence-electron chi connectivity index (χ3n) is 5.08. The molecule has 0 aliphatic carbocycles. The van der Waals surface area contributed by atoms with Crippen LogP contribution >= 0.6 is 0 Å². The van der Waals surface area contributed by atoms with Gasteiger partial charge in [0.2, 0.25) is 7.98 Å². The summed E-state index contributed by atoms with van der Waals surface area (Å²) >= 11 is 0. The van der Waals surface area contributed by atoms with Crippen LogP contribution in [0.5, 0.6) is 17.2 Å². The smallest absolute Gasteiger partial charge is 0.223 e. The Bertz CT molecular complexity index is 1050. The van der Waals surface area contributed by atoms with Crippen LogP contribution in [-0.2, 0) is 0 Å². The van der Waals surface area contributed by atoms with E-state index >= 15 is 0 Å². The molecule has 0 saturated carbocycles. The van der Waals surface area contributed by atoms with Gasteiger partial charge in [0.05, 0.1) is 32.7 Å². The minimum atomic E-state index is 0.570. The van der Waals surface area contributed by atoms with Crippen LogP contribution in [0.1, 0.15) is 24.6 Å². The van der Waals surface area contributed by atoms with E-state index in [1.807, 2.05) is 44.5 Å². The second-order valence-electron chi connectivity index (χ2n) is 7.02. The van der Waals surface area contributed by atoms with Crippen molar-refractivity contribution in [2.75, 3.05) is 27.9 Å². The molecule has 0 spiro atoms. The molecule has 2 N–H and O–H groups in total. The first-order chi connectivity index (χ1) is 14.5. The van der Waals surface area contributed by atoms with Crippen molar-refractivity contribution in [2.24, 2.45) is 10.7 Å². The van der Waals surface area contributed by atoms with E-state index in [0.29, 0.717) is 23.8 Å². The van der Waals surface area contributed by atoms with E-state index in [4.69, 9.17) is 24.9 Å². The maximum atomic E-state index is 5.89. The van der Waals surface area contributed by atoms with Crippen LogP contribution < -0.4 is 19.9 Å². The molecule has 1 aromatic heterocycles. The van der Waals surface area contributed by atoms with Gasteiger partial charge in [-0.2, -0.15) is 0 Å². The van der Waals surface area contributed by atoms with E-state index < -0.39 is 0 Å². The van der Waals surface area contributed by atoms with Crippen LogP contribution in [0.15, 0.2) is 58.9 Å². The van der Waals surface area contributed by atoms with Gasteiger partial charge < -0.3 is 24.4 Å². The number of aliphatic imine (C=N–C) groups is 1. The van der Waals surface area contributed by atoms with Gasteiger partial charge in [0.1, 0.15) is 5.75 Å². The topological polar surface area (TPSA) is 71.0 Å². The minimum Gasteiger partial charge on any atom is -0.496 e. The largest absolute Gasteiger partial charge is 0.496 e.